The Morgan fingerprint density at radius 3 is 2.53 bits per heavy atom. The lowest BCUT2D eigenvalue weighted by atomic mass is 10.2. The molecule has 17 heavy (non-hydrogen) atoms. The monoisotopic (exact) mass is 253 g/mol. The lowest BCUT2D eigenvalue weighted by Crippen LogP contribution is -2.25. The molecule has 0 aliphatic heterocycles. The molecule has 0 aliphatic carbocycles. The number of thioether (sulfide) groups is 1. The highest BCUT2D eigenvalue weighted by Crippen LogP contribution is 2.16. The van der Waals surface area contributed by atoms with Gasteiger partial charge in [-0.3, -0.25) is 0 Å². The van der Waals surface area contributed by atoms with E-state index in [1.807, 2.05) is 19.9 Å². The fraction of sp³-hybridized carbons (Fsp3) is 0.692. The first-order valence-corrected chi connectivity index (χ1v) is 7.29. The summed E-state index contributed by atoms with van der Waals surface area (Å²) in [4.78, 5) is 8.85. The van der Waals surface area contributed by atoms with Crippen LogP contribution in [0.25, 0.3) is 0 Å². The number of nitrogens with zero attached hydrogens (tertiary/aromatic N) is 2. The van der Waals surface area contributed by atoms with Crippen LogP contribution in [-0.4, -0.2) is 28.3 Å². The van der Waals surface area contributed by atoms with E-state index >= 15 is 0 Å². The molecule has 4 heteroatoms. The highest BCUT2D eigenvalue weighted by molar-refractivity contribution is 7.99. The maximum atomic E-state index is 4.42. The van der Waals surface area contributed by atoms with Crippen molar-refractivity contribution in [1.29, 1.82) is 0 Å². The average molecular weight is 253 g/mol. The molecule has 1 unspecified atom stereocenters. The lowest BCUT2D eigenvalue weighted by Gasteiger charge is -2.11. The fourth-order valence-corrected chi connectivity index (χ4v) is 2.67. The van der Waals surface area contributed by atoms with Crippen molar-refractivity contribution in [2.75, 3.05) is 12.3 Å². The van der Waals surface area contributed by atoms with Crippen LogP contribution in [0.3, 0.4) is 0 Å². The van der Waals surface area contributed by atoms with E-state index in [0.717, 1.165) is 28.8 Å². The van der Waals surface area contributed by atoms with Gasteiger partial charge in [0.05, 0.1) is 0 Å². The van der Waals surface area contributed by atoms with Gasteiger partial charge in [0.2, 0.25) is 0 Å². The summed E-state index contributed by atoms with van der Waals surface area (Å²) < 4.78 is 0. The van der Waals surface area contributed by atoms with Crippen molar-refractivity contribution in [1.82, 2.24) is 15.3 Å². The molecule has 0 radical (unpaired) electrons. The molecule has 0 aliphatic rings. The molecule has 0 amide bonds. The standard InChI is InChI=1S/C13H23N3S/c1-5-14-10(2)7-6-8-17-13-15-11(3)9-12(4)16-13/h9-10,14H,5-8H2,1-4H3. The Hall–Kier alpha value is -0.610. The second-order valence-electron chi connectivity index (χ2n) is 4.38. The number of aryl methyl sites for hydroxylation is 2. The molecular weight excluding hydrogens is 230 g/mol. The number of rotatable bonds is 7. The minimum absolute atomic E-state index is 0.612. The maximum Gasteiger partial charge on any atom is 0.187 e. The Labute approximate surface area is 109 Å². The average Bonchev–Trinajstić information content (AvgIpc) is 2.23. The molecule has 1 rings (SSSR count). The second-order valence-corrected chi connectivity index (χ2v) is 5.44. The Bertz CT molecular complexity index is 321. The molecule has 3 nitrogen and oxygen atoms in total. The van der Waals surface area contributed by atoms with Crippen LogP contribution in [0.15, 0.2) is 11.2 Å². The first kappa shape index (κ1) is 14.5. The van der Waals surface area contributed by atoms with E-state index in [0.29, 0.717) is 6.04 Å². The minimum Gasteiger partial charge on any atom is -0.315 e. The molecule has 1 aromatic heterocycles. The van der Waals surface area contributed by atoms with Crippen molar-refractivity contribution in [3.63, 3.8) is 0 Å². The van der Waals surface area contributed by atoms with Gasteiger partial charge in [0, 0.05) is 23.2 Å². The molecule has 0 bridgehead atoms. The van der Waals surface area contributed by atoms with Crippen molar-refractivity contribution < 1.29 is 0 Å². The fourth-order valence-electron chi connectivity index (χ4n) is 1.76. The molecule has 1 N–H and O–H groups in total. The van der Waals surface area contributed by atoms with Gasteiger partial charge in [0.15, 0.2) is 5.16 Å². The minimum atomic E-state index is 0.612. The zero-order chi connectivity index (χ0) is 12.7. The van der Waals surface area contributed by atoms with E-state index < -0.39 is 0 Å². The molecule has 1 atom stereocenters. The van der Waals surface area contributed by atoms with Crippen LogP contribution in [0, 0.1) is 13.8 Å². The largest absolute Gasteiger partial charge is 0.315 e. The van der Waals surface area contributed by atoms with Crippen LogP contribution in [0.2, 0.25) is 0 Å². The van der Waals surface area contributed by atoms with Gasteiger partial charge in [-0.1, -0.05) is 18.7 Å². The molecule has 0 spiro atoms. The van der Waals surface area contributed by atoms with Crippen molar-refractivity contribution in [2.45, 2.75) is 51.7 Å². The number of hydrogen-bond donors (Lipinski definition) is 1. The molecule has 96 valence electrons. The first-order valence-electron chi connectivity index (χ1n) is 6.30. The first-order chi connectivity index (χ1) is 8.11. The number of nitrogens with one attached hydrogen (secondary N) is 1. The van der Waals surface area contributed by atoms with Gasteiger partial charge in [-0.15, -0.1) is 0 Å². The molecule has 0 saturated heterocycles. The van der Waals surface area contributed by atoms with Gasteiger partial charge in [-0.25, -0.2) is 9.97 Å². The molecule has 0 saturated carbocycles. The van der Waals surface area contributed by atoms with Crippen LogP contribution < -0.4 is 5.32 Å². The highest BCUT2D eigenvalue weighted by atomic mass is 32.2. The SMILES string of the molecule is CCNC(C)CCCSc1nc(C)cc(C)n1. The van der Waals surface area contributed by atoms with Crippen LogP contribution in [0.5, 0.6) is 0 Å². The normalized spacial score (nSPS) is 12.7. The van der Waals surface area contributed by atoms with Gasteiger partial charge in [-0.05, 0) is 46.2 Å². The third-order valence-corrected chi connectivity index (χ3v) is 3.46. The molecular formula is C13H23N3S. The zero-order valence-electron chi connectivity index (χ0n) is 11.3. The summed E-state index contributed by atoms with van der Waals surface area (Å²) in [5, 5.41) is 4.34. The van der Waals surface area contributed by atoms with E-state index in [-0.39, 0.29) is 0 Å². The van der Waals surface area contributed by atoms with Crippen LogP contribution in [0.1, 0.15) is 38.1 Å². The smallest absolute Gasteiger partial charge is 0.187 e. The van der Waals surface area contributed by atoms with Crippen LogP contribution in [-0.2, 0) is 0 Å². The van der Waals surface area contributed by atoms with Crippen molar-refractivity contribution in [3.8, 4) is 0 Å². The topological polar surface area (TPSA) is 37.8 Å². The Morgan fingerprint density at radius 2 is 1.94 bits per heavy atom. The van der Waals surface area contributed by atoms with Crippen molar-refractivity contribution in [3.05, 3.63) is 17.5 Å². The molecule has 1 heterocycles. The third kappa shape index (κ3) is 6.03. The Morgan fingerprint density at radius 1 is 1.29 bits per heavy atom. The number of aromatic nitrogens is 2. The summed E-state index contributed by atoms with van der Waals surface area (Å²) in [6.07, 6.45) is 2.42. The lowest BCUT2D eigenvalue weighted by molar-refractivity contribution is 0.526. The number of hydrogen-bond acceptors (Lipinski definition) is 4. The van der Waals surface area contributed by atoms with E-state index in [1.165, 1.54) is 12.8 Å². The van der Waals surface area contributed by atoms with E-state index in [1.54, 1.807) is 11.8 Å². The van der Waals surface area contributed by atoms with Gasteiger partial charge in [0.25, 0.3) is 0 Å². The van der Waals surface area contributed by atoms with Crippen LogP contribution in [0.4, 0.5) is 0 Å². The van der Waals surface area contributed by atoms with Gasteiger partial charge < -0.3 is 5.32 Å². The van der Waals surface area contributed by atoms with Crippen LogP contribution >= 0.6 is 11.8 Å². The van der Waals surface area contributed by atoms with E-state index in [9.17, 15) is 0 Å². The highest BCUT2D eigenvalue weighted by Gasteiger charge is 2.02. The predicted octanol–water partition coefficient (Wildman–Crippen LogP) is 2.96. The third-order valence-electron chi connectivity index (χ3n) is 2.53. The quantitative estimate of drug-likeness (QED) is 0.460. The summed E-state index contributed by atoms with van der Waals surface area (Å²) in [6.45, 7) is 9.47. The summed E-state index contributed by atoms with van der Waals surface area (Å²) >= 11 is 1.76. The van der Waals surface area contributed by atoms with Crippen molar-refractivity contribution in [2.24, 2.45) is 0 Å². The van der Waals surface area contributed by atoms with Gasteiger partial charge in [-0.2, -0.15) is 0 Å². The Kier molecular flexibility index (Phi) is 6.52. The summed E-state index contributed by atoms with van der Waals surface area (Å²) in [5.41, 5.74) is 2.11. The van der Waals surface area contributed by atoms with E-state index in [2.05, 4.69) is 29.1 Å². The maximum absolute atomic E-state index is 4.42. The van der Waals surface area contributed by atoms with E-state index in [4.69, 9.17) is 0 Å². The Balaban J connectivity index is 2.26. The van der Waals surface area contributed by atoms with Gasteiger partial charge >= 0.3 is 0 Å². The summed E-state index contributed by atoms with van der Waals surface area (Å²) in [7, 11) is 0. The summed E-state index contributed by atoms with van der Waals surface area (Å²) in [5.74, 6) is 1.10. The zero-order valence-corrected chi connectivity index (χ0v) is 12.1. The summed E-state index contributed by atoms with van der Waals surface area (Å²) in [6, 6.07) is 2.62. The second kappa shape index (κ2) is 7.67. The molecule has 1 aromatic rings. The van der Waals surface area contributed by atoms with Crippen molar-refractivity contribution >= 4 is 11.8 Å². The predicted molar refractivity (Wildman–Crippen MR) is 74.6 cm³/mol. The van der Waals surface area contributed by atoms with Gasteiger partial charge in [0.1, 0.15) is 0 Å². The molecule has 0 aromatic carbocycles. The molecule has 0 fully saturated rings.